The Hall–Kier alpha value is -0.900. The number of likely N-dealkylation sites (tertiary alicyclic amines) is 1. The number of benzene rings is 1. The van der Waals surface area contributed by atoms with E-state index in [1.165, 1.54) is 11.1 Å². The quantitative estimate of drug-likeness (QED) is 0.866. The van der Waals surface area contributed by atoms with Gasteiger partial charge in [0, 0.05) is 19.1 Å². The van der Waals surface area contributed by atoms with E-state index in [-0.39, 0.29) is 6.10 Å². The van der Waals surface area contributed by atoms with Crippen LogP contribution >= 0.6 is 0 Å². The Kier molecular flexibility index (Phi) is 5.58. The second-order valence-corrected chi connectivity index (χ2v) is 6.12. The summed E-state index contributed by atoms with van der Waals surface area (Å²) in [5.41, 5.74) is 2.74. The highest BCUT2D eigenvalue weighted by Crippen LogP contribution is 2.22. The third-order valence-electron chi connectivity index (χ3n) is 4.65. The Morgan fingerprint density at radius 3 is 2.80 bits per heavy atom. The highest BCUT2D eigenvalue weighted by molar-refractivity contribution is 5.28. The molecular weight excluding hydrogens is 248 g/mol. The van der Waals surface area contributed by atoms with Gasteiger partial charge in [0.05, 0.1) is 6.10 Å². The fourth-order valence-electron chi connectivity index (χ4n) is 3.06. The Balaban J connectivity index is 1.90. The van der Waals surface area contributed by atoms with Crippen LogP contribution in [0.3, 0.4) is 0 Å². The van der Waals surface area contributed by atoms with Gasteiger partial charge in [0.1, 0.15) is 0 Å². The molecule has 0 aliphatic carbocycles. The summed E-state index contributed by atoms with van der Waals surface area (Å²) < 4.78 is 0. The summed E-state index contributed by atoms with van der Waals surface area (Å²) in [7, 11) is 2.03. The molecule has 1 aliphatic heterocycles. The van der Waals surface area contributed by atoms with E-state index in [2.05, 4.69) is 48.3 Å². The summed E-state index contributed by atoms with van der Waals surface area (Å²) >= 11 is 0. The molecule has 3 nitrogen and oxygen atoms in total. The van der Waals surface area contributed by atoms with Crippen molar-refractivity contribution in [3.8, 4) is 0 Å². The number of nitrogens with one attached hydrogen (secondary N) is 1. The smallest absolute Gasteiger partial charge is 0.0693 e. The molecule has 0 saturated carbocycles. The first-order valence-electron chi connectivity index (χ1n) is 7.75. The predicted octanol–water partition coefficient (Wildman–Crippen LogP) is 2.35. The number of rotatable bonds is 5. The number of aliphatic hydroxyl groups excluding tert-OH is 1. The van der Waals surface area contributed by atoms with Crippen LogP contribution in [0, 0.1) is 12.8 Å². The normalized spacial score (nSPS) is 25.6. The van der Waals surface area contributed by atoms with Crippen LogP contribution in [0.25, 0.3) is 0 Å². The van der Waals surface area contributed by atoms with Gasteiger partial charge in [-0.1, -0.05) is 31.2 Å². The number of piperidine rings is 1. The average molecular weight is 276 g/mol. The standard InChI is InChI=1S/C17H28N2O/c1-13-6-4-5-7-15(13)16(18-3)9-11-19-10-8-14(2)17(20)12-19/h4-7,14,16-18,20H,8-12H2,1-3H3. The first-order valence-corrected chi connectivity index (χ1v) is 7.75. The van der Waals surface area contributed by atoms with Crippen LogP contribution in [0.2, 0.25) is 0 Å². The molecule has 0 radical (unpaired) electrons. The number of aliphatic hydroxyl groups is 1. The van der Waals surface area contributed by atoms with E-state index in [1.54, 1.807) is 0 Å². The van der Waals surface area contributed by atoms with E-state index < -0.39 is 0 Å². The third-order valence-corrected chi connectivity index (χ3v) is 4.65. The molecule has 0 amide bonds. The lowest BCUT2D eigenvalue weighted by Gasteiger charge is -2.35. The molecule has 3 heteroatoms. The van der Waals surface area contributed by atoms with E-state index in [0.29, 0.717) is 12.0 Å². The number of hydrogen-bond acceptors (Lipinski definition) is 3. The van der Waals surface area contributed by atoms with Crippen molar-refractivity contribution in [3.05, 3.63) is 35.4 Å². The Morgan fingerprint density at radius 1 is 1.40 bits per heavy atom. The number of nitrogens with zero attached hydrogens (tertiary/aromatic N) is 1. The van der Waals surface area contributed by atoms with Crippen molar-refractivity contribution in [1.29, 1.82) is 0 Å². The number of aryl methyl sites for hydroxylation is 1. The molecule has 3 unspecified atom stereocenters. The van der Waals surface area contributed by atoms with Gasteiger partial charge in [-0.25, -0.2) is 0 Å². The zero-order chi connectivity index (χ0) is 14.5. The van der Waals surface area contributed by atoms with E-state index >= 15 is 0 Å². The highest BCUT2D eigenvalue weighted by atomic mass is 16.3. The monoisotopic (exact) mass is 276 g/mol. The molecule has 1 aliphatic rings. The summed E-state index contributed by atoms with van der Waals surface area (Å²) in [4.78, 5) is 2.40. The van der Waals surface area contributed by atoms with E-state index in [9.17, 15) is 5.11 Å². The van der Waals surface area contributed by atoms with Crippen LogP contribution in [-0.4, -0.2) is 42.8 Å². The van der Waals surface area contributed by atoms with Crippen molar-refractivity contribution in [2.24, 2.45) is 5.92 Å². The van der Waals surface area contributed by atoms with Crippen LogP contribution < -0.4 is 5.32 Å². The first kappa shape index (κ1) is 15.5. The Labute approximate surface area is 123 Å². The molecule has 1 fully saturated rings. The van der Waals surface area contributed by atoms with Gasteiger partial charge in [-0.2, -0.15) is 0 Å². The zero-order valence-electron chi connectivity index (χ0n) is 13.0. The second kappa shape index (κ2) is 7.21. The molecule has 0 aromatic heterocycles. The molecule has 112 valence electrons. The minimum absolute atomic E-state index is 0.157. The van der Waals surface area contributed by atoms with E-state index in [0.717, 1.165) is 32.5 Å². The van der Waals surface area contributed by atoms with Crippen LogP contribution in [0.5, 0.6) is 0 Å². The summed E-state index contributed by atoms with van der Waals surface area (Å²) in [6.45, 7) is 7.30. The van der Waals surface area contributed by atoms with Crippen LogP contribution in [-0.2, 0) is 0 Å². The molecule has 2 N–H and O–H groups in total. The molecule has 0 bridgehead atoms. The summed E-state index contributed by atoms with van der Waals surface area (Å²) in [6.07, 6.45) is 2.04. The molecule has 1 saturated heterocycles. The SMILES string of the molecule is CNC(CCN1CCC(C)C(O)C1)c1ccccc1C. The van der Waals surface area contributed by atoms with Gasteiger partial charge < -0.3 is 15.3 Å². The average Bonchev–Trinajstić information content (AvgIpc) is 2.45. The van der Waals surface area contributed by atoms with Crippen molar-refractivity contribution in [2.75, 3.05) is 26.7 Å². The third kappa shape index (κ3) is 3.81. The largest absolute Gasteiger partial charge is 0.392 e. The molecule has 0 spiro atoms. The van der Waals surface area contributed by atoms with Gasteiger partial charge in [0.15, 0.2) is 0 Å². The summed E-state index contributed by atoms with van der Waals surface area (Å²) in [5.74, 6) is 0.447. The maximum absolute atomic E-state index is 9.97. The van der Waals surface area contributed by atoms with Crippen LogP contribution in [0.1, 0.15) is 36.9 Å². The van der Waals surface area contributed by atoms with Crippen molar-refractivity contribution in [1.82, 2.24) is 10.2 Å². The van der Waals surface area contributed by atoms with E-state index in [1.807, 2.05) is 7.05 Å². The van der Waals surface area contributed by atoms with Gasteiger partial charge in [-0.05, 0) is 50.4 Å². The molecule has 1 aromatic rings. The fraction of sp³-hybridized carbons (Fsp3) is 0.647. The fourth-order valence-corrected chi connectivity index (χ4v) is 3.06. The van der Waals surface area contributed by atoms with E-state index in [4.69, 9.17) is 0 Å². The van der Waals surface area contributed by atoms with Crippen molar-refractivity contribution in [2.45, 2.75) is 38.8 Å². The molecule has 1 aromatic carbocycles. The van der Waals surface area contributed by atoms with Crippen LogP contribution in [0.15, 0.2) is 24.3 Å². The lowest BCUT2D eigenvalue weighted by atomic mass is 9.95. The maximum Gasteiger partial charge on any atom is 0.0693 e. The topological polar surface area (TPSA) is 35.5 Å². The Morgan fingerprint density at radius 2 is 2.15 bits per heavy atom. The summed E-state index contributed by atoms with van der Waals surface area (Å²) in [6, 6.07) is 8.98. The first-order chi connectivity index (χ1) is 9.61. The van der Waals surface area contributed by atoms with Crippen molar-refractivity contribution >= 4 is 0 Å². The van der Waals surface area contributed by atoms with Gasteiger partial charge in [-0.3, -0.25) is 0 Å². The molecule has 3 atom stereocenters. The van der Waals surface area contributed by atoms with Crippen molar-refractivity contribution < 1.29 is 5.11 Å². The minimum Gasteiger partial charge on any atom is -0.392 e. The molecule has 1 heterocycles. The highest BCUT2D eigenvalue weighted by Gasteiger charge is 2.24. The number of hydrogen-bond donors (Lipinski definition) is 2. The zero-order valence-corrected chi connectivity index (χ0v) is 13.0. The maximum atomic E-state index is 9.97. The molecule has 2 rings (SSSR count). The van der Waals surface area contributed by atoms with Crippen molar-refractivity contribution in [3.63, 3.8) is 0 Å². The van der Waals surface area contributed by atoms with Gasteiger partial charge in [-0.15, -0.1) is 0 Å². The van der Waals surface area contributed by atoms with Crippen LogP contribution in [0.4, 0.5) is 0 Å². The minimum atomic E-state index is -0.157. The second-order valence-electron chi connectivity index (χ2n) is 6.12. The summed E-state index contributed by atoms with van der Waals surface area (Å²) in [5, 5.41) is 13.4. The predicted molar refractivity (Wildman–Crippen MR) is 83.8 cm³/mol. The van der Waals surface area contributed by atoms with Gasteiger partial charge >= 0.3 is 0 Å². The molecular formula is C17H28N2O. The Bertz CT molecular complexity index is 421. The number of β-amino-alcohol motifs (C(OH)–C–C–N with tert-alkyl or cyclic N) is 1. The lowest BCUT2D eigenvalue weighted by molar-refractivity contribution is 0.0278. The lowest BCUT2D eigenvalue weighted by Crippen LogP contribution is -2.43. The van der Waals surface area contributed by atoms with Gasteiger partial charge in [0.25, 0.3) is 0 Å². The van der Waals surface area contributed by atoms with Gasteiger partial charge in [0.2, 0.25) is 0 Å². The molecule has 20 heavy (non-hydrogen) atoms.